The maximum atomic E-state index is 11.4. The maximum absolute atomic E-state index is 11.4. The summed E-state index contributed by atoms with van der Waals surface area (Å²) >= 11 is 6.12. The van der Waals surface area contributed by atoms with E-state index in [4.69, 9.17) is 16.3 Å². The van der Waals surface area contributed by atoms with Crippen LogP contribution in [0, 0.1) is 0 Å². The zero-order valence-corrected chi connectivity index (χ0v) is 12.2. The number of amides is 1. The highest BCUT2D eigenvalue weighted by Crippen LogP contribution is 2.28. The lowest BCUT2D eigenvalue weighted by atomic mass is 10.2. The monoisotopic (exact) mass is 284 g/mol. The summed E-state index contributed by atoms with van der Waals surface area (Å²) < 4.78 is 5.53. The van der Waals surface area contributed by atoms with Gasteiger partial charge in [0.15, 0.2) is 6.61 Å². The van der Waals surface area contributed by atoms with Gasteiger partial charge in [0.2, 0.25) is 0 Å². The molecule has 0 spiro atoms. The predicted molar refractivity (Wildman–Crippen MR) is 77.6 cm³/mol. The molecule has 0 aliphatic rings. The maximum Gasteiger partial charge on any atom is 0.257 e. The Bertz CT molecular complexity index is 410. The molecule has 0 fully saturated rings. The van der Waals surface area contributed by atoms with Crippen molar-refractivity contribution in [3.8, 4) is 5.75 Å². The van der Waals surface area contributed by atoms with Crippen LogP contribution in [0.25, 0.3) is 0 Å². The minimum absolute atomic E-state index is 0.0155. The van der Waals surface area contributed by atoms with Gasteiger partial charge in [-0.1, -0.05) is 30.7 Å². The molecule has 106 valence electrons. The van der Waals surface area contributed by atoms with Crippen LogP contribution in [0.1, 0.15) is 25.8 Å². The van der Waals surface area contributed by atoms with Gasteiger partial charge in [0.1, 0.15) is 5.75 Å². The molecule has 0 heterocycles. The van der Waals surface area contributed by atoms with Crippen molar-refractivity contribution in [1.29, 1.82) is 0 Å². The lowest BCUT2D eigenvalue weighted by Crippen LogP contribution is -2.28. The second-order valence-corrected chi connectivity index (χ2v) is 4.55. The number of carbonyl (C=O) groups excluding carboxylic acids is 1. The van der Waals surface area contributed by atoms with Crippen molar-refractivity contribution < 1.29 is 9.53 Å². The molecule has 0 aromatic heterocycles. The average Bonchev–Trinajstić information content (AvgIpc) is 2.38. The van der Waals surface area contributed by atoms with Crippen LogP contribution in [-0.4, -0.2) is 25.6 Å². The zero-order valence-electron chi connectivity index (χ0n) is 11.5. The number of para-hydroxylation sites is 1. The quantitative estimate of drug-likeness (QED) is 0.721. The summed E-state index contributed by atoms with van der Waals surface area (Å²) in [5, 5.41) is 6.50. The van der Waals surface area contributed by atoms with Gasteiger partial charge in [-0.05, 0) is 26.0 Å². The number of hydrogen-bond donors (Lipinski definition) is 2. The van der Waals surface area contributed by atoms with E-state index in [1.807, 2.05) is 19.1 Å². The Labute approximate surface area is 119 Å². The van der Waals surface area contributed by atoms with Crippen molar-refractivity contribution in [3.05, 3.63) is 28.8 Å². The molecule has 0 saturated carbocycles. The van der Waals surface area contributed by atoms with Crippen LogP contribution in [0.4, 0.5) is 0 Å². The van der Waals surface area contributed by atoms with Crippen molar-refractivity contribution in [2.24, 2.45) is 0 Å². The second-order valence-electron chi connectivity index (χ2n) is 4.15. The van der Waals surface area contributed by atoms with Gasteiger partial charge < -0.3 is 15.4 Å². The number of benzene rings is 1. The van der Waals surface area contributed by atoms with E-state index in [1.54, 1.807) is 6.07 Å². The van der Waals surface area contributed by atoms with Gasteiger partial charge in [0.25, 0.3) is 5.91 Å². The first-order valence-electron chi connectivity index (χ1n) is 6.56. The van der Waals surface area contributed by atoms with E-state index in [9.17, 15) is 4.79 Å². The van der Waals surface area contributed by atoms with Gasteiger partial charge in [-0.15, -0.1) is 0 Å². The van der Waals surface area contributed by atoms with Gasteiger partial charge in [-0.25, -0.2) is 0 Å². The van der Waals surface area contributed by atoms with Crippen molar-refractivity contribution in [2.45, 2.75) is 26.8 Å². The van der Waals surface area contributed by atoms with Gasteiger partial charge in [0.05, 0.1) is 5.02 Å². The molecule has 4 nitrogen and oxygen atoms in total. The van der Waals surface area contributed by atoms with Crippen molar-refractivity contribution in [1.82, 2.24) is 10.6 Å². The van der Waals surface area contributed by atoms with E-state index in [2.05, 4.69) is 17.6 Å². The van der Waals surface area contributed by atoms with E-state index in [1.165, 1.54) is 0 Å². The Morgan fingerprint density at radius 3 is 2.84 bits per heavy atom. The molecular formula is C14H21ClN2O2. The largest absolute Gasteiger partial charge is 0.482 e. The molecule has 0 aliphatic heterocycles. The molecule has 0 radical (unpaired) electrons. The van der Waals surface area contributed by atoms with Crippen LogP contribution < -0.4 is 15.4 Å². The molecule has 19 heavy (non-hydrogen) atoms. The minimum Gasteiger partial charge on any atom is -0.482 e. The summed E-state index contributed by atoms with van der Waals surface area (Å²) in [6, 6.07) is 5.59. The van der Waals surface area contributed by atoms with Crippen LogP contribution >= 0.6 is 11.6 Å². The molecule has 1 aromatic rings. The summed E-state index contributed by atoms with van der Waals surface area (Å²) in [6.07, 6.45) is 1.07. The Balaban J connectivity index is 2.66. The highest BCUT2D eigenvalue weighted by atomic mass is 35.5. The van der Waals surface area contributed by atoms with Crippen LogP contribution in [0.2, 0.25) is 5.02 Å². The first-order chi connectivity index (χ1) is 9.19. The summed E-state index contributed by atoms with van der Waals surface area (Å²) in [6.45, 7) is 6.17. The number of ether oxygens (including phenoxy) is 1. The fourth-order valence-corrected chi connectivity index (χ4v) is 1.89. The molecule has 0 atom stereocenters. The zero-order chi connectivity index (χ0) is 14.1. The number of nitrogens with one attached hydrogen (secondary N) is 2. The molecule has 0 bridgehead atoms. The summed E-state index contributed by atoms with van der Waals surface area (Å²) in [4.78, 5) is 11.4. The second kappa shape index (κ2) is 8.77. The van der Waals surface area contributed by atoms with Crippen LogP contribution in [0.5, 0.6) is 5.75 Å². The fourth-order valence-electron chi connectivity index (χ4n) is 1.64. The highest BCUT2D eigenvalue weighted by Gasteiger charge is 2.10. The molecule has 0 aliphatic carbocycles. The third-order valence-corrected chi connectivity index (χ3v) is 2.81. The summed E-state index contributed by atoms with van der Waals surface area (Å²) in [5.41, 5.74) is 0.963. The van der Waals surface area contributed by atoms with Gasteiger partial charge in [-0.3, -0.25) is 4.79 Å². The van der Waals surface area contributed by atoms with Gasteiger partial charge in [0, 0.05) is 18.7 Å². The molecule has 0 saturated heterocycles. The van der Waals surface area contributed by atoms with Crippen LogP contribution in [0.15, 0.2) is 18.2 Å². The summed E-state index contributed by atoms with van der Waals surface area (Å²) in [5.74, 6) is 0.439. The van der Waals surface area contributed by atoms with Crippen molar-refractivity contribution >= 4 is 17.5 Å². The number of likely N-dealkylation sites (N-methyl/N-ethyl adjacent to an activating group) is 1. The van der Waals surface area contributed by atoms with Gasteiger partial charge in [-0.2, -0.15) is 0 Å². The number of rotatable bonds is 8. The Morgan fingerprint density at radius 1 is 1.37 bits per heavy atom. The Hall–Kier alpha value is -1.26. The minimum atomic E-state index is -0.144. The highest BCUT2D eigenvalue weighted by molar-refractivity contribution is 6.32. The molecule has 5 heteroatoms. The van der Waals surface area contributed by atoms with E-state index in [0.717, 1.165) is 18.5 Å². The standard InChI is InChI=1S/C14H21ClN2O2/c1-3-8-16-9-11-6-5-7-12(15)14(11)19-10-13(18)17-4-2/h5-7,16H,3-4,8-10H2,1-2H3,(H,17,18). The topological polar surface area (TPSA) is 50.4 Å². The van der Waals surface area contributed by atoms with E-state index in [-0.39, 0.29) is 12.5 Å². The van der Waals surface area contributed by atoms with E-state index >= 15 is 0 Å². The lowest BCUT2D eigenvalue weighted by molar-refractivity contribution is -0.122. The molecular weight excluding hydrogens is 264 g/mol. The molecule has 1 rings (SSSR count). The third-order valence-electron chi connectivity index (χ3n) is 2.51. The number of carbonyl (C=O) groups is 1. The molecule has 1 amide bonds. The average molecular weight is 285 g/mol. The Morgan fingerprint density at radius 2 is 2.16 bits per heavy atom. The predicted octanol–water partition coefficient (Wildman–Crippen LogP) is 2.35. The summed E-state index contributed by atoms with van der Waals surface area (Å²) in [7, 11) is 0. The van der Waals surface area contributed by atoms with Crippen molar-refractivity contribution in [3.63, 3.8) is 0 Å². The van der Waals surface area contributed by atoms with Crippen LogP contribution in [0.3, 0.4) is 0 Å². The number of hydrogen-bond acceptors (Lipinski definition) is 3. The van der Waals surface area contributed by atoms with E-state index < -0.39 is 0 Å². The SMILES string of the molecule is CCCNCc1cccc(Cl)c1OCC(=O)NCC. The molecule has 0 unspecified atom stereocenters. The van der Waals surface area contributed by atoms with Gasteiger partial charge >= 0.3 is 0 Å². The normalized spacial score (nSPS) is 10.3. The molecule has 2 N–H and O–H groups in total. The van der Waals surface area contributed by atoms with E-state index in [0.29, 0.717) is 23.9 Å². The fraction of sp³-hybridized carbons (Fsp3) is 0.500. The first-order valence-corrected chi connectivity index (χ1v) is 6.94. The smallest absolute Gasteiger partial charge is 0.257 e. The van der Waals surface area contributed by atoms with Crippen molar-refractivity contribution in [2.75, 3.05) is 19.7 Å². The lowest BCUT2D eigenvalue weighted by Gasteiger charge is -2.13. The Kier molecular flexibility index (Phi) is 7.30. The first kappa shape index (κ1) is 15.8. The third kappa shape index (κ3) is 5.49. The van der Waals surface area contributed by atoms with Crippen LogP contribution in [-0.2, 0) is 11.3 Å². The molecule has 1 aromatic carbocycles. The number of halogens is 1.